The van der Waals surface area contributed by atoms with Crippen molar-refractivity contribution in [1.82, 2.24) is 9.80 Å². The number of likely N-dealkylation sites (tertiary alicyclic amines) is 2. The SMILES string of the molecule is O=C(N1CCC(c2ccc(F)cc2C(F)(F)F)CC1)N1CCC(c2ccc(F)cc2C(F)(F)F)CC1. The van der Waals surface area contributed by atoms with E-state index in [0.717, 1.165) is 24.3 Å². The Kier molecular flexibility index (Phi) is 7.21. The van der Waals surface area contributed by atoms with E-state index in [0.29, 0.717) is 12.1 Å². The first-order chi connectivity index (χ1) is 16.8. The van der Waals surface area contributed by atoms with Gasteiger partial charge >= 0.3 is 18.4 Å². The Morgan fingerprint density at radius 1 is 0.639 bits per heavy atom. The third-order valence-electron chi connectivity index (χ3n) is 7.05. The van der Waals surface area contributed by atoms with Gasteiger partial charge in [0, 0.05) is 26.2 Å². The lowest BCUT2D eigenvalue weighted by atomic mass is 9.85. The largest absolute Gasteiger partial charge is 0.416 e. The second kappa shape index (κ2) is 9.89. The molecule has 2 heterocycles. The van der Waals surface area contributed by atoms with Gasteiger partial charge in [-0.25, -0.2) is 13.6 Å². The number of hydrogen-bond donors (Lipinski definition) is 0. The van der Waals surface area contributed by atoms with Crippen molar-refractivity contribution in [1.29, 1.82) is 0 Å². The highest BCUT2D eigenvalue weighted by Gasteiger charge is 2.39. The van der Waals surface area contributed by atoms with Gasteiger partial charge in [-0.3, -0.25) is 0 Å². The molecule has 0 aliphatic carbocycles. The molecular formula is C25H24F8N2O. The van der Waals surface area contributed by atoms with E-state index < -0.39 is 46.9 Å². The van der Waals surface area contributed by atoms with Crippen molar-refractivity contribution >= 4 is 6.03 Å². The van der Waals surface area contributed by atoms with Gasteiger partial charge in [-0.05, 0) is 72.9 Å². The zero-order chi connectivity index (χ0) is 26.3. The molecule has 2 aliphatic heterocycles. The lowest BCUT2D eigenvalue weighted by Gasteiger charge is -2.39. The summed E-state index contributed by atoms with van der Waals surface area (Å²) in [6.07, 6.45) is -8.26. The highest BCUT2D eigenvalue weighted by atomic mass is 19.4. The smallest absolute Gasteiger partial charge is 0.325 e. The van der Waals surface area contributed by atoms with Crippen LogP contribution in [0.25, 0.3) is 0 Å². The maximum Gasteiger partial charge on any atom is 0.416 e. The quantitative estimate of drug-likeness (QED) is 0.385. The Morgan fingerprint density at radius 2 is 0.972 bits per heavy atom. The maximum atomic E-state index is 13.4. The van der Waals surface area contributed by atoms with Crippen LogP contribution in [0.4, 0.5) is 39.9 Å². The average Bonchev–Trinajstić information content (AvgIpc) is 2.83. The molecule has 2 amide bonds. The lowest BCUT2D eigenvalue weighted by Crippen LogP contribution is -2.49. The molecular weight excluding hydrogens is 496 g/mol. The van der Waals surface area contributed by atoms with Crippen molar-refractivity contribution in [3.8, 4) is 0 Å². The molecule has 2 fully saturated rings. The van der Waals surface area contributed by atoms with Crippen LogP contribution in [0.1, 0.15) is 59.8 Å². The van der Waals surface area contributed by atoms with Gasteiger partial charge in [0.25, 0.3) is 0 Å². The molecule has 2 aliphatic rings. The summed E-state index contributed by atoms with van der Waals surface area (Å²) in [5, 5.41) is 0. The summed E-state index contributed by atoms with van der Waals surface area (Å²) in [6.45, 7) is 0.866. The van der Waals surface area contributed by atoms with Gasteiger partial charge in [-0.1, -0.05) is 12.1 Å². The van der Waals surface area contributed by atoms with Crippen LogP contribution in [0.15, 0.2) is 36.4 Å². The highest BCUT2D eigenvalue weighted by molar-refractivity contribution is 5.74. The number of piperidine rings is 2. The normalized spacial score (nSPS) is 18.6. The molecule has 0 N–H and O–H groups in total. The van der Waals surface area contributed by atoms with E-state index >= 15 is 0 Å². The molecule has 36 heavy (non-hydrogen) atoms. The topological polar surface area (TPSA) is 23.6 Å². The minimum absolute atomic E-state index is 0.0107. The molecule has 0 saturated carbocycles. The van der Waals surface area contributed by atoms with E-state index in [9.17, 15) is 39.9 Å². The summed E-state index contributed by atoms with van der Waals surface area (Å²) in [7, 11) is 0. The van der Waals surface area contributed by atoms with E-state index in [4.69, 9.17) is 0 Å². The molecule has 0 bridgehead atoms. The van der Waals surface area contributed by atoms with Gasteiger partial charge < -0.3 is 9.80 Å². The number of benzene rings is 2. The van der Waals surface area contributed by atoms with Crippen LogP contribution in [-0.4, -0.2) is 42.0 Å². The fourth-order valence-corrected chi connectivity index (χ4v) is 5.22. The number of rotatable bonds is 2. The van der Waals surface area contributed by atoms with Crippen LogP contribution in [0.5, 0.6) is 0 Å². The van der Waals surface area contributed by atoms with Crippen LogP contribution in [0.2, 0.25) is 0 Å². The van der Waals surface area contributed by atoms with Crippen molar-refractivity contribution in [3.63, 3.8) is 0 Å². The minimum atomic E-state index is -4.69. The van der Waals surface area contributed by atoms with E-state index in [1.54, 1.807) is 0 Å². The lowest BCUT2D eigenvalue weighted by molar-refractivity contribution is -0.139. The molecule has 4 rings (SSSR count). The molecule has 2 saturated heterocycles. The zero-order valence-electron chi connectivity index (χ0n) is 19.1. The molecule has 0 spiro atoms. The first-order valence-corrected chi connectivity index (χ1v) is 11.6. The number of alkyl halides is 6. The zero-order valence-corrected chi connectivity index (χ0v) is 19.1. The third kappa shape index (κ3) is 5.59. The van der Waals surface area contributed by atoms with Gasteiger partial charge in [0.05, 0.1) is 11.1 Å². The van der Waals surface area contributed by atoms with E-state index in [-0.39, 0.29) is 69.0 Å². The van der Waals surface area contributed by atoms with Gasteiger partial charge in [0.1, 0.15) is 11.6 Å². The predicted molar refractivity (Wildman–Crippen MR) is 115 cm³/mol. The van der Waals surface area contributed by atoms with Crippen LogP contribution >= 0.6 is 0 Å². The summed E-state index contributed by atoms with van der Waals surface area (Å²) in [5.41, 5.74) is -1.99. The number of carbonyl (C=O) groups is 1. The Labute approximate surface area is 202 Å². The Hall–Kier alpha value is -2.85. The number of halogens is 8. The average molecular weight is 520 g/mol. The first-order valence-electron chi connectivity index (χ1n) is 11.6. The second-order valence-electron chi connectivity index (χ2n) is 9.26. The van der Waals surface area contributed by atoms with Crippen LogP contribution < -0.4 is 0 Å². The monoisotopic (exact) mass is 520 g/mol. The number of urea groups is 1. The van der Waals surface area contributed by atoms with Crippen molar-refractivity contribution in [2.45, 2.75) is 49.9 Å². The number of amides is 2. The van der Waals surface area contributed by atoms with Crippen molar-refractivity contribution in [3.05, 3.63) is 70.3 Å². The number of hydrogen-bond acceptors (Lipinski definition) is 1. The van der Waals surface area contributed by atoms with Crippen molar-refractivity contribution < 1.29 is 39.9 Å². The van der Waals surface area contributed by atoms with Crippen molar-refractivity contribution in [2.24, 2.45) is 0 Å². The van der Waals surface area contributed by atoms with Crippen LogP contribution in [0, 0.1) is 11.6 Å². The standard InChI is InChI=1S/C25H24F8N2O/c26-17-1-3-19(21(13-17)24(28,29)30)15-5-9-34(10-6-15)23(36)35-11-7-16(8-12-35)20-4-2-18(27)14-22(20)25(31,32)33/h1-4,13-16H,5-12H2. The first kappa shape index (κ1) is 26.2. The number of nitrogens with zero attached hydrogens (tertiary/aromatic N) is 2. The minimum Gasteiger partial charge on any atom is -0.325 e. The molecule has 0 aromatic heterocycles. The number of carbonyl (C=O) groups excluding carboxylic acids is 1. The summed E-state index contributed by atoms with van der Waals surface area (Å²) in [4.78, 5) is 16.0. The van der Waals surface area contributed by atoms with E-state index in [2.05, 4.69) is 0 Å². The Morgan fingerprint density at radius 3 is 1.28 bits per heavy atom. The van der Waals surface area contributed by atoms with Gasteiger partial charge in [0.15, 0.2) is 0 Å². The molecule has 11 heteroatoms. The molecule has 0 unspecified atom stereocenters. The third-order valence-corrected chi connectivity index (χ3v) is 7.05. The van der Waals surface area contributed by atoms with E-state index in [1.807, 2.05) is 0 Å². The molecule has 0 radical (unpaired) electrons. The molecule has 2 aromatic carbocycles. The predicted octanol–water partition coefficient (Wildman–Crippen LogP) is 7.18. The summed E-state index contributed by atoms with van der Waals surface area (Å²) in [6, 6.07) is 4.96. The van der Waals surface area contributed by atoms with Gasteiger partial charge in [-0.2, -0.15) is 26.3 Å². The van der Waals surface area contributed by atoms with Crippen LogP contribution in [0.3, 0.4) is 0 Å². The fraction of sp³-hybridized carbons (Fsp3) is 0.480. The summed E-state index contributed by atoms with van der Waals surface area (Å²) in [5.74, 6) is -2.89. The molecule has 2 aromatic rings. The van der Waals surface area contributed by atoms with Gasteiger partial charge in [-0.15, -0.1) is 0 Å². The summed E-state index contributed by atoms with van der Waals surface area (Å²) >= 11 is 0. The maximum absolute atomic E-state index is 13.4. The van der Waals surface area contributed by atoms with Gasteiger partial charge in [0.2, 0.25) is 0 Å². The second-order valence-corrected chi connectivity index (χ2v) is 9.26. The summed E-state index contributed by atoms with van der Waals surface area (Å²) < 4.78 is 107. The van der Waals surface area contributed by atoms with E-state index in [1.165, 1.54) is 9.80 Å². The molecule has 0 atom stereocenters. The van der Waals surface area contributed by atoms with Crippen molar-refractivity contribution in [2.75, 3.05) is 26.2 Å². The fourth-order valence-electron chi connectivity index (χ4n) is 5.22. The molecule has 3 nitrogen and oxygen atoms in total. The van der Waals surface area contributed by atoms with Crippen LogP contribution in [-0.2, 0) is 12.4 Å². The highest BCUT2D eigenvalue weighted by Crippen LogP contribution is 2.41. The Bertz CT molecular complexity index is 1010. The molecule has 196 valence electrons. The Balaban J connectivity index is 1.37.